The van der Waals surface area contributed by atoms with Crippen molar-refractivity contribution in [3.8, 4) is 11.3 Å². The number of rotatable bonds is 4. The number of carbonyl (C=O) groups excluding carboxylic acids is 1. The first-order chi connectivity index (χ1) is 15.1. The van der Waals surface area contributed by atoms with E-state index in [0.29, 0.717) is 15.2 Å². The summed E-state index contributed by atoms with van der Waals surface area (Å²) in [4.78, 5) is 26.8. The summed E-state index contributed by atoms with van der Waals surface area (Å²) in [5.41, 5.74) is -1.32. The van der Waals surface area contributed by atoms with Crippen LogP contribution in [0, 0.1) is 10.1 Å². The molecule has 162 valence electrons. The number of nitro groups is 1. The van der Waals surface area contributed by atoms with E-state index < -0.39 is 22.7 Å². The predicted molar refractivity (Wildman–Crippen MR) is 109 cm³/mol. The van der Waals surface area contributed by atoms with Gasteiger partial charge in [-0.3, -0.25) is 14.9 Å². The summed E-state index contributed by atoms with van der Waals surface area (Å²) in [6.07, 6.45) is -4.80. The van der Waals surface area contributed by atoms with Gasteiger partial charge in [0.05, 0.1) is 10.6 Å². The van der Waals surface area contributed by atoms with Crippen molar-refractivity contribution < 1.29 is 22.9 Å². The van der Waals surface area contributed by atoms with Gasteiger partial charge in [0.1, 0.15) is 0 Å². The van der Waals surface area contributed by atoms with E-state index in [4.69, 9.17) is 11.6 Å². The first-order valence-electron chi connectivity index (χ1n) is 8.91. The highest BCUT2D eigenvalue weighted by atomic mass is 35.5. The Morgan fingerprint density at radius 2 is 1.72 bits per heavy atom. The summed E-state index contributed by atoms with van der Waals surface area (Å²) >= 11 is 5.79. The lowest BCUT2D eigenvalue weighted by molar-refractivity contribution is -0.384. The second-order valence-corrected chi connectivity index (χ2v) is 7.03. The summed E-state index contributed by atoms with van der Waals surface area (Å²) in [6, 6.07) is 12.9. The fourth-order valence-corrected chi connectivity index (χ4v) is 3.04. The lowest BCUT2D eigenvalue weighted by Gasteiger charge is -2.11. The molecule has 0 radical (unpaired) electrons. The molecule has 0 fully saturated rings. The Morgan fingerprint density at radius 1 is 1.06 bits per heavy atom. The molecule has 8 nitrogen and oxygen atoms in total. The van der Waals surface area contributed by atoms with Crippen LogP contribution in [0.4, 0.5) is 24.5 Å². The van der Waals surface area contributed by atoms with Gasteiger partial charge in [-0.15, -0.1) is 0 Å². The number of halogens is 4. The Kier molecular flexibility index (Phi) is 5.26. The standard InChI is InChI=1S/C20H11ClF3N5O3/c21-12-3-5-13(6-4-12)25-19(30)16-10-18-26-15(9-17(20(22,23)24)28(18)27-16)11-1-7-14(8-2-11)29(31)32/h1-10H,(H,25,30). The third-order valence-corrected chi connectivity index (χ3v) is 4.68. The Balaban J connectivity index is 1.76. The van der Waals surface area contributed by atoms with Crippen LogP contribution in [0.2, 0.25) is 5.02 Å². The number of benzene rings is 2. The number of non-ortho nitro benzene ring substituents is 1. The number of nitro benzene ring substituents is 1. The van der Waals surface area contributed by atoms with Gasteiger partial charge in [0.2, 0.25) is 0 Å². The van der Waals surface area contributed by atoms with Gasteiger partial charge >= 0.3 is 6.18 Å². The topological polar surface area (TPSA) is 102 Å². The molecule has 2 heterocycles. The summed E-state index contributed by atoms with van der Waals surface area (Å²) < 4.78 is 41.6. The number of nitrogens with zero attached hydrogens (tertiary/aromatic N) is 4. The van der Waals surface area contributed by atoms with Gasteiger partial charge in [0, 0.05) is 34.5 Å². The molecule has 2 aromatic carbocycles. The van der Waals surface area contributed by atoms with E-state index in [1.165, 1.54) is 24.3 Å². The normalized spacial score (nSPS) is 11.5. The number of aromatic nitrogens is 3. The minimum absolute atomic E-state index is 0.0794. The third kappa shape index (κ3) is 4.23. The van der Waals surface area contributed by atoms with Crippen LogP contribution in [0.1, 0.15) is 16.2 Å². The SMILES string of the molecule is O=C(Nc1ccc(Cl)cc1)c1cc2nc(-c3ccc([N+](=O)[O-])cc3)cc(C(F)(F)F)n2n1. The second-order valence-electron chi connectivity index (χ2n) is 6.59. The number of alkyl halides is 3. The molecule has 0 spiro atoms. The minimum atomic E-state index is -4.80. The molecular weight excluding hydrogens is 451 g/mol. The molecule has 0 saturated heterocycles. The molecule has 1 amide bonds. The quantitative estimate of drug-likeness (QED) is 0.331. The van der Waals surface area contributed by atoms with Crippen LogP contribution in [-0.4, -0.2) is 25.4 Å². The highest BCUT2D eigenvalue weighted by Crippen LogP contribution is 2.32. The number of hydrogen-bond donors (Lipinski definition) is 1. The Labute approximate surface area is 182 Å². The van der Waals surface area contributed by atoms with Crippen molar-refractivity contribution in [3.63, 3.8) is 0 Å². The zero-order chi connectivity index (χ0) is 23.0. The highest BCUT2D eigenvalue weighted by molar-refractivity contribution is 6.30. The highest BCUT2D eigenvalue weighted by Gasteiger charge is 2.35. The Hall–Kier alpha value is -3.99. The number of hydrogen-bond acceptors (Lipinski definition) is 5. The average molecular weight is 462 g/mol. The summed E-state index contributed by atoms with van der Waals surface area (Å²) in [7, 11) is 0. The van der Waals surface area contributed by atoms with Crippen LogP contribution in [0.5, 0.6) is 0 Å². The van der Waals surface area contributed by atoms with E-state index in [9.17, 15) is 28.1 Å². The van der Waals surface area contributed by atoms with Gasteiger partial charge < -0.3 is 5.32 Å². The maximum Gasteiger partial charge on any atom is 0.433 e. The van der Waals surface area contributed by atoms with Crippen LogP contribution in [0.3, 0.4) is 0 Å². The molecule has 0 unspecified atom stereocenters. The molecule has 0 saturated carbocycles. The molecular formula is C20H11ClF3N5O3. The van der Waals surface area contributed by atoms with E-state index >= 15 is 0 Å². The number of nitrogens with one attached hydrogen (secondary N) is 1. The second kappa shape index (κ2) is 7.93. The van der Waals surface area contributed by atoms with Crippen molar-refractivity contribution in [1.29, 1.82) is 0 Å². The van der Waals surface area contributed by atoms with Crippen molar-refractivity contribution >= 4 is 34.5 Å². The van der Waals surface area contributed by atoms with E-state index in [2.05, 4.69) is 15.4 Å². The summed E-state index contributed by atoms with van der Waals surface area (Å²) in [6.45, 7) is 0. The van der Waals surface area contributed by atoms with Crippen molar-refractivity contribution in [2.24, 2.45) is 0 Å². The zero-order valence-corrected chi connectivity index (χ0v) is 16.6. The van der Waals surface area contributed by atoms with E-state index in [-0.39, 0.29) is 28.3 Å². The molecule has 0 aliphatic carbocycles. The summed E-state index contributed by atoms with van der Waals surface area (Å²) in [5, 5.41) is 17.6. The van der Waals surface area contributed by atoms with Gasteiger partial charge in [-0.25, -0.2) is 9.50 Å². The van der Waals surface area contributed by atoms with E-state index in [1.54, 1.807) is 12.1 Å². The van der Waals surface area contributed by atoms with Crippen molar-refractivity contribution in [1.82, 2.24) is 14.6 Å². The van der Waals surface area contributed by atoms with Crippen molar-refractivity contribution in [2.75, 3.05) is 5.32 Å². The van der Waals surface area contributed by atoms with E-state index in [1.807, 2.05) is 0 Å². The van der Waals surface area contributed by atoms with Gasteiger partial charge in [0.15, 0.2) is 17.0 Å². The molecule has 0 aliphatic rings. The first-order valence-corrected chi connectivity index (χ1v) is 9.29. The van der Waals surface area contributed by atoms with Crippen LogP contribution < -0.4 is 5.32 Å². The monoisotopic (exact) mass is 461 g/mol. The zero-order valence-electron chi connectivity index (χ0n) is 15.8. The molecule has 2 aromatic heterocycles. The predicted octanol–water partition coefficient (Wildman–Crippen LogP) is 5.23. The fraction of sp³-hybridized carbons (Fsp3) is 0.0500. The molecule has 4 rings (SSSR count). The maximum absolute atomic E-state index is 13.7. The van der Waals surface area contributed by atoms with Crippen molar-refractivity contribution in [3.05, 3.63) is 87.2 Å². The van der Waals surface area contributed by atoms with Gasteiger partial charge in [-0.05, 0) is 42.5 Å². The lowest BCUT2D eigenvalue weighted by Crippen LogP contribution is -2.15. The molecule has 0 aliphatic heterocycles. The maximum atomic E-state index is 13.7. The largest absolute Gasteiger partial charge is 0.433 e. The van der Waals surface area contributed by atoms with Crippen LogP contribution in [0.15, 0.2) is 60.7 Å². The lowest BCUT2D eigenvalue weighted by atomic mass is 10.1. The molecule has 12 heteroatoms. The Morgan fingerprint density at radius 3 is 2.31 bits per heavy atom. The fourth-order valence-electron chi connectivity index (χ4n) is 2.92. The summed E-state index contributed by atoms with van der Waals surface area (Å²) in [5.74, 6) is -0.733. The minimum Gasteiger partial charge on any atom is -0.321 e. The van der Waals surface area contributed by atoms with Gasteiger partial charge in [-0.2, -0.15) is 18.3 Å². The van der Waals surface area contributed by atoms with Crippen LogP contribution in [-0.2, 0) is 6.18 Å². The van der Waals surface area contributed by atoms with Gasteiger partial charge in [0.25, 0.3) is 11.6 Å². The number of carbonyl (C=O) groups is 1. The molecule has 0 bridgehead atoms. The van der Waals surface area contributed by atoms with Gasteiger partial charge in [-0.1, -0.05) is 11.6 Å². The first kappa shape index (κ1) is 21.2. The molecule has 1 N–H and O–H groups in total. The van der Waals surface area contributed by atoms with E-state index in [0.717, 1.165) is 24.3 Å². The number of amides is 1. The molecule has 4 aromatic rings. The number of anilines is 1. The number of fused-ring (bicyclic) bond motifs is 1. The van der Waals surface area contributed by atoms with Crippen LogP contribution >= 0.6 is 11.6 Å². The van der Waals surface area contributed by atoms with Crippen LogP contribution in [0.25, 0.3) is 16.9 Å². The third-order valence-electron chi connectivity index (χ3n) is 4.43. The molecule has 32 heavy (non-hydrogen) atoms. The van der Waals surface area contributed by atoms with Crippen molar-refractivity contribution in [2.45, 2.75) is 6.18 Å². The average Bonchev–Trinajstić information content (AvgIpc) is 3.18. The Bertz CT molecular complexity index is 1340. The smallest absolute Gasteiger partial charge is 0.321 e. The molecule has 0 atom stereocenters.